The Bertz CT molecular complexity index is 422. The lowest BCUT2D eigenvalue weighted by atomic mass is 10.0. The average molecular weight is 259 g/mol. The fourth-order valence-electron chi connectivity index (χ4n) is 2.10. The van der Waals surface area contributed by atoms with Crippen molar-refractivity contribution in [1.82, 2.24) is 4.90 Å². The van der Waals surface area contributed by atoms with Gasteiger partial charge in [-0.1, -0.05) is 29.3 Å². The molecule has 2 rings (SSSR count). The summed E-state index contributed by atoms with van der Waals surface area (Å²) in [7, 11) is 0. The van der Waals surface area contributed by atoms with Gasteiger partial charge in [0.2, 0.25) is 0 Å². The number of hydrogen-bond acceptors (Lipinski definition) is 1. The van der Waals surface area contributed by atoms with Gasteiger partial charge in [-0.15, -0.1) is 0 Å². The Labute approximate surface area is 104 Å². The standard InChI is InChI=1S/C11H12Cl2N2O/c12-8-4-3-7(6-9(8)13)10-2-1-5-15(10)11(14)16/h3-4,6,10H,1-2,5H2,(H2,14,16). The first-order valence-corrected chi connectivity index (χ1v) is 5.86. The molecule has 1 unspecified atom stereocenters. The minimum absolute atomic E-state index is 0.0345. The normalized spacial score (nSPS) is 20.1. The van der Waals surface area contributed by atoms with E-state index in [9.17, 15) is 4.79 Å². The number of halogens is 2. The summed E-state index contributed by atoms with van der Waals surface area (Å²) < 4.78 is 0. The number of nitrogens with two attached hydrogens (primary N) is 1. The van der Waals surface area contributed by atoms with Crippen molar-refractivity contribution < 1.29 is 4.79 Å². The Balaban J connectivity index is 2.29. The second-order valence-electron chi connectivity index (χ2n) is 3.86. The molecule has 0 radical (unpaired) electrons. The van der Waals surface area contributed by atoms with Crippen LogP contribution in [0.2, 0.25) is 10.0 Å². The molecule has 1 aliphatic heterocycles. The fraction of sp³-hybridized carbons (Fsp3) is 0.364. The highest BCUT2D eigenvalue weighted by Crippen LogP contribution is 2.34. The summed E-state index contributed by atoms with van der Waals surface area (Å²) >= 11 is 11.8. The summed E-state index contributed by atoms with van der Waals surface area (Å²) in [6.45, 7) is 0.709. The van der Waals surface area contributed by atoms with E-state index in [1.54, 1.807) is 17.0 Å². The molecule has 0 bridgehead atoms. The minimum atomic E-state index is -0.381. The smallest absolute Gasteiger partial charge is 0.315 e. The van der Waals surface area contributed by atoms with Crippen molar-refractivity contribution in [1.29, 1.82) is 0 Å². The monoisotopic (exact) mass is 258 g/mol. The summed E-state index contributed by atoms with van der Waals surface area (Å²) in [6, 6.07) is 5.09. The Morgan fingerprint density at radius 3 is 2.75 bits per heavy atom. The summed E-state index contributed by atoms with van der Waals surface area (Å²) in [5, 5.41) is 1.03. The number of amides is 2. The zero-order chi connectivity index (χ0) is 11.7. The highest BCUT2D eigenvalue weighted by Gasteiger charge is 2.28. The first kappa shape index (κ1) is 11.6. The van der Waals surface area contributed by atoms with E-state index in [1.165, 1.54) is 0 Å². The fourth-order valence-corrected chi connectivity index (χ4v) is 2.40. The molecule has 0 spiro atoms. The van der Waals surface area contributed by atoms with Gasteiger partial charge < -0.3 is 10.6 Å². The van der Waals surface area contributed by atoms with Crippen molar-refractivity contribution in [3.8, 4) is 0 Å². The highest BCUT2D eigenvalue weighted by atomic mass is 35.5. The maximum absolute atomic E-state index is 11.2. The average Bonchev–Trinajstić information content (AvgIpc) is 2.71. The number of benzene rings is 1. The number of likely N-dealkylation sites (tertiary alicyclic amines) is 1. The van der Waals surface area contributed by atoms with E-state index < -0.39 is 0 Å². The molecule has 1 aromatic carbocycles. The zero-order valence-electron chi connectivity index (χ0n) is 8.62. The molecular weight excluding hydrogens is 247 g/mol. The first-order chi connectivity index (χ1) is 7.59. The van der Waals surface area contributed by atoms with Crippen molar-refractivity contribution in [2.45, 2.75) is 18.9 Å². The van der Waals surface area contributed by atoms with E-state index in [-0.39, 0.29) is 12.1 Å². The minimum Gasteiger partial charge on any atom is -0.351 e. The summed E-state index contributed by atoms with van der Waals surface area (Å²) in [4.78, 5) is 12.9. The molecule has 1 heterocycles. The van der Waals surface area contributed by atoms with Gasteiger partial charge in [-0.25, -0.2) is 4.79 Å². The second-order valence-corrected chi connectivity index (χ2v) is 4.68. The number of urea groups is 1. The highest BCUT2D eigenvalue weighted by molar-refractivity contribution is 6.42. The van der Waals surface area contributed by atoms with Gasteiger partial charge in [0, 0.05) is 6.54 Å². The van der Waals surface area contributed by atoms with Crippen LogP contribution in [-0.2, 0) is 0 Å². The summed E-state index contributed by atoms with van der Waals surface area (Å²) in [5.41, 5.74) is 6.31. The number of primary amides is 1. The van der Waals surface area contributed by atoms with Crippen LogP contribution >= 0.6 is 23.2 Å². The predicted molar refractivity (Wildman–Crippen MR) is 64.7 cm³/mol. The Kier molecular flexibility index (Phi) is 3.26. The number of carbonyl (C=O) groups excluding carboxylic acids is 1. The Morgan fingerprint density at radius 1 is 1.38 bits per heavy atom. The number of hydrogen-bond donors (Lipinski definition) is 1. The molecule has 5 heteroatoms. The lowest BCUT2D eigenvalue weighted by molar-refractivity contribution is 0.203. The number of nitrogens with zero attached hydrogens (tertiary/aromatic N) is 1. The molecule has 3 nitrogen and oxygen atoms in total. The number of rotatable bonds is 1. The molecule has 1 atom stereocenters. The molecule has 0 aromatic heterocycles. The van der Waals surface area contributed by atoms with E-state index in [1.807, 2.05) is 6.07 Å². The predicted octanol–water partition coefficient (Wildman–Crippen LogP) is 3.21. The number of carbonyl (C=O) groups is 1. The van der Waals surface area contributed by atoms with E-state index in [4.69, 9.17) is 28.9 Å². The van der Waals surface area contributed by atoms with Gasteiger partial charge in [0.25, 0.3) is 0 Å². The van der Waals surface area contributed by atoms with Gasteiger partial charge in [0.1, 0.15) is 0 Å². The third-order valence-electron chi connectivity index (χ3n) is 2.86. The van der Waals surface area contributed by atoms with Crippen LogP contribution in [0.25, 0.3) is 0 Å². The van der Waals surface area contributed by atoms with E-state index in [0.717, 1.165) is 18.4 Å². The van der Waals surface area contributed by atoms with Crippen LogP contribution < -0.4 is 5.73 Å². The van der Waals surface area contributed by atoms with Gasteiger partial charge >= 0.3 is 6.03 Å². The van der Waals surface area contributed by atoms with Crippen molar-refractivity contribution >= 4 is 29.2 Å². The van der Waals surface area contributed by atoms with Crippen molar-refractivity contribution in [3.63, 3.8) is 0 Å². The third-order valence-corrected chi connectivity index (χ3v) is 3.60. The van der Waals surface area contributed by atoms with Crippen LogP contribution in [0, 0.1) is 0 Å². The summed E-state index contributed by atoms with van der Waals surface area (Å²) in [5.74, 6) is 0. The van der Waals surface area contributed by atoms with Gasteiger partial charge in [0.15, 0.2) is 0 Å². The van der Waals surface area contributed by atoms with Crippen LogP contribution in [0.1, 0.15) is 24.4 Å². The SMILES string of the molecule is NC(=O)N1CCCC1c1ccc(Cl)c(Cl)c1. The van der Waals surface area contributed by atoms with E-state index >= 15 is 0 Å². The lowest BCUT2D eigenvalue weighted by Crippen LogP contribution is -2.35. The van der Waals surface area contributed by atoms with Crippen molar-refractivity contribution in [3.05, 3.63) is 33.8 Å². The third kappa shape index (κ3) is 2.11. The maximum atomic E-state index is 11.2. The molecule has 16 heavy (non-hydrogen) atoms. The Hall–Kier alpha value is -0.930. The largest absolute Gasteiger partial charge is 0.351 e. The van der Waals surface area contributed by atoms with Gasteiger partial charge in [-0.2, -0.15) is 0 Å². The van der Waals surface area contributed by atoms with E-state index in [0.29, 0.717) is 16.6 Å². The molecular formula is C11H12Cl2N2O. The molecule has 86 valence electrons. The quantitative estimate of drug-likeness (QED) is 0.826. The molecule has 1 fully saturated rings. The molecule has 1 aromatic rings. The van der Waals surface area contributed by atoms with Crippen LogP contribution in [0.15, 0.2) is 18.2 Å². The molecule has 2 amide bonds. The van der Waals surface area contributed by atoms with E-state index in [2.05, 4.69) is 0 Å². The second kappa shape index (κ2) is 4.52. The van der Waals surface area contributed by atoms with Crippen LogP contribution in [0.4, 0.5) is 4.79 Å². The van der Waals surface area contributed by atoms with Crippen LogP contribution in [0.5, 0.6) is 0 Å². The van der Waals surface area contributed by atoms with Gasteiger partial charge in [-0.3, -0.25) is 0 Å². The Morgan fingerprint density at radius 2 is 2.12 bits per heavy atom. The van der Waals surface area contributed by atoms with Crippen LogP contribution in [0.3, 0.4) is 0 Å². The molecule has 1 aliphatic rings. The maximum Gasteiger partial charge on any atom is 0.315 e. The van der Waals surface area contributed by atoms with Crippen molar-refractivity contribution in [2.75, 3.05) is 6.54 Å². The zero-order valence-corrected chi connectivity index (χ0v) is 10.1. The molecule has 2 N–H and O–H groups in total. The lowest BCUT2D eigenvalue weighted by Gasteiger charge is -2.23. The molecule has 0 aliphatic carbocycles. The van der Waals surface area contributed by atoms with Crippen molar-refractivity contribution in [2.24, 2.45) is 5.73 Å². The molecule has 1 saturated heterocycles. The first-order valence-electron chi connectivity index (χ1n) is 5.10. The molecule has 0 saturated carbocycles. The summed E-state index contributed by atoms with van der Waals surface area (Å²) in [6.07, 6.45) is 1.88. The topological polar surface area (TPSA) is 46.3 Å². The van der Waals surface area contributed by atoms with Gasteiger partial charge in [-0.05, 0) is 30.5 Å². The van der Waals surface area contributed by atoms with Gasteiger partial charge in [0.05, 0.1) is 16.1 Å². The van der Waals surface area contributed by atoms with Crippen LogP contribution in [-0.4, -0.2) is 17.5 Å².